The number of hydrogen-bond donors (Lipinski definition) is 3. The second-order valence-electron chi connectivity index (χ2n) is 3.96. The second kappa shape index (κ2) is 5.25. The molecule has 0 aliphatic rings. The highest BCUT2D eigenvalue weighted by atomic mass is 79.9. The molecule has 20 heavy (non-hydrogen) atoms. The summed E-state index contributed by atoms with van der Waals surface area (Å²) in [6, 6.07) is 3.91. The minimum absolute atomic E-state index is 0.112. The molecule has 1 aromatic carbocycles. The van der Waals surface area contributed by atoms with Crippen LogP contribution < -0.4 is 4.72 Å². The lowest BCUT2D eigenvalue weighted by Gasteiger charge is -2.11. The van der Waals surface area contributed by atoms with E-state index in [4.69, 9.17) is 5.11 Å². The van der Waals surface area contributed by atoms with Crippen LogP contribution in [-0.4, -0.2) is 29.7 Å². The van der Waals surface area contributed by atoms with E-state index in [9.17, 15) is 13.2 Å². The van der Waals surface area contributed by atoms with Gasteiger partial charge in [0.05, 0.1) is 16.7 Å². The zero-order chi connectivity index (χ0) is 14.9. The number of hydrogen-bond acceptors (Lipinski definition) is 4. The molecule has 2 aromatic rings. The summed E-state index contributed by atoms with van der Waals surface area (Å²) in [4.78, 5) is 10.9. The molecule has 106 valence electrons. The standard InChI is InChI=1S/C11H10BrN3O4S/c1-6-8(12)4-7(11(16)17)5-9(6)20(18,19)15-10-2-3-13-14-10/h2-5H,1H3,(H,16,17)(H2,13,14,15). The fourth-order valence-electron chi connectivity index (χ4n) is 1.57. The fourth-order valence-corrected chi connectivity index (χ4v) is 3.47. The Hall–Kier alpha value is -1.87. The van der Waals surface area contributed by atoms with Crippen LogP contribution in [0.3, 0.4) is 0 Å². The molecule has 0 aliphatic carbocycles. The van der Waals surface area contributed by atoms with Gasteiger partial charge in [-0.15, -0.1) is 0 Å². The maximum atomic E-state index is 12.3. The molecule has 9 heteroatoms. The van der Waals surface area contributed by atoms with E-state index in [1.807, 2.05) is 0 Å². The number of anilines is 1. The lowest BCUT2D eigenvalue weighted by molar-refractivity contribution is 0.0696. The van der Waals surface area contributed by atoms with Gasteiger partial charge >= 0.3 is 5.97 Å². The highest BCUT2D eigenvalue weighted by Gasteiger charge is 2.21. The molecule has 1 aromatic heterocycles. The molecule has 0 saturated heterocycles. The Kier molecular flexibility index (Phi) is 3.82. The first-order valence-corrected chi connectivity index (χ1v) is 7.64. The molecule has 3 N–H and O–H groups in total. The summed E-state index contributed by atoms with van der Waals surface area (Å²) in [7, 11) is -3.91. The largest absolute Gasteiger partial charge is 0.478 e. The van der Waals surface area contributed by atoms with Gasteiger partial charge in [-0.2, -0.15) is 5.10 Å². The predicted molar refractivity (Wildman–Crippen MR) is 75.2 cm³/mol. The first-order valence-electron chi connectivity index (χ1n) is 5.37. The van der Waals surface area contributed by atoms with Crippen molar-refractivity contribution in [3.8, 4) is 0 Å². The second-order valence-corrected chi connectivity index (χ2v) is 6.47. The third-order valence-corrected chi connectivity index (χ3v) is 4.89. The highest BCUT2D eigenvalue weighted by molar-refractivity contribution is 9.10. The summed E-state index contributed by atoms with van der Waals surface area (Å²) < 4.78 is 27.2. The molecule has 0 unspecified atom stereocenters. The van der Waals surface area contributed by atoms with E-state index >= 15 is 0 Å². The molecule has 2 rings (SSSR count). The number of carboxylic acids is 1. The monoisotopic (exact) mass is 359 g/mol. The van der Waals surface area contributed by atoms with Gasteiger partial charge < -0.3 is 5.11 Å². The van der Waals surface area contributed by atoms with Gasteiger partial charge in [-0.25, -0.2) is 13.2 Å². The van der Waals surface area contributed by atoms with Crippen molar-refractivity contribution >= 4 is 37.7 Å². The summed E-state index contributed by atoms with van der Waals surface area (Å²) in [6.45, 7) is 1.58. The minimum Gasteiger partial charge on any atom is -0.478 e. The summed E-state index contributed by atoms with van der Waals surface area (Å²) in [6.07, 6.45) is 1.40. The maximum absolute atomic E-state index is 12.3. The molecule has 0 fully saturated rings. The molecule has 0 spiro atoms. The SMILES string of the molecule is Cc1c(Br)cc(C(=O)O)cc1S(=O)(=O)Nc1ccn[nH]1. The van der Waals surface area contributed by atoms with Crippen molar-refractivity contribution in [2.24, 2.45) is 0 Å². The van der Waals surface area contributed by atoms with Gasteiger partial charge in [0.2, 0.25) is 0 Å². The Morgan fingerprint density at radius 3 is 2.70 bits per heavy atom. The quantitative estimate of drug-likeness (QED) is 0.772. The number of H-pyrrole nitrogens is 1. The van der Waals surface area contributed by atoms with Crippen LogP contribution in [0.4, 0.5) is 5.82 Å². The van der Waals surface area contributed by atoms with Crippen LogP contribution in [0, 0.1) is 6.92 Å². The zero-order valence-electron chi connectivity index (χ0n) is 10.2. The summed E-state index contributed by atoms with van der Waals surface area (Å²) in [5, 5.41) is 15.1. The number of halogens is 1. The van der Waals surface area contributed by atoms with E-state index in [0.717, 1.165) is 6.07 Å². The summed E-state index contributed by atoms with van der Waals surface area (Å²) in [5.74, 6) is -1.01. The van der Waals surface area contributed by atoms with Gasteiger partial charge in [0.25, 0.3) is 10.0 Å². The van der Waals surface area contributed by atoms with Crippen LogP contribution in [-0.2, 0) is 10.0 Å². The normalized spacial score (nSPS) is 11.3. The molecule has 0 radical (unpaired) electrons. The number of aromatic amines is 1. The number of nitrogens with zero attached hydrogens (tertiary/aromatic N) is 1. The maximum Gasteiger partial charge on any atom is 0.335 e. The first kappa shape index (κ1) is 14.5. The van der Waals surface area contributed by atoms with Crippen LogP contribution >= 0.6 is 15.9 Å². The van der Waals surface area contributed by atoms with Crippen molar-refractivity contribution < 1.29 is 18.3 Å². The molecular weight excluding hydrogens is 350 g/mol. The van der Waals surface area contributed by atoms with E-state index in [0.29, 0.717) is 10.0 Å². The molecule has 0 amide bonds. The van der Waals surface area contributed by atoms with Crippen LogP contribution in [0.25, 0.3) is 0 Å². The van der Waals surface area contributed by atoms with Gasteiger partial charge in [-0.3, -0.25) is 9.82 Å². The van der Waals surface area contributed by atoms with E-state index in [1.165, 1.54) is 18.3 Å². The summed E-state index contributed by atoms with van der Waals surface area (Å²) in [5.41, 5.74) is 0.300. The van der Waals surface area contributed by atoms with Gasteiger partial charge in [-0.1, -0.05) is 15.9 Å². The van der Waals surface area contributed by atoms with Crippen molar-refractivity contribution in [1.82, 2.24) is 10.2 Å². The number of sulfonamides is 1. The van der Waals surface area contributed by atoms with Crippen LogP contribution in [0.5, 0.6) is 0 Å². The molecule has 0 aliphatic heterocycles. The average Bonchev–Trinajstić information content (AvgIpc) is 2.83. The molecule has 0 saturated carbocycles. The predicted octanol–water partition coefficient (Wildman–Crippen LogP) is 1.98. The van der Waals surface area contributed by atoms with Gasteiger partial charge in [0.1, 0.15) is 5.82 Å². The molecule has 7 nitrogen and oxygen atoms in total. The smallest absolute Gasteiger partial charge is 0.335 e. The topological polar surface area (TPSA) is 112 Å². The molecule has 0 atom stereocenters. The van der Waals surface area contributed by atoms with Crippen LogP contribution in [0.1, 0.15) is 15.9 Å². The number of carbonyl (C=O) groups is 1. The van der Waals surface area contributed by atoms with Crippen molar-refractivity contribution in [3.63, 3.8) is 0 Å². The highest BCUT2D eigenvalue weighted by Crippen LogP contribution is 2.27. The number of aromatic carboxylic acids is 1. The Bertz CT molecular complexity index is 756. The summed E-state index contributed by atoms with van der Waals surface area (Å²) >= 11 is 3.16. The average molecular weight is 360 g/mol. The number of aromatic nitrogens is 2. The third-order valence-electron chi connectivity index (χ3n) is 2.58. The Labute approximate surface area is 123 Å². The van der Waals surface area contributed by atoms with Gasteiger partial charge in [0.15, 0.2) is 0 Å². The van der Waals surface area contributed by atoms with E-state index in [1.54, 1.807) is 6.92 Å². The Morgan fingerprint density at radius 2 is 2.15 bits per heavy atom. The van der Waals surface area contributed by atoms with Crippen molar-refractivity contribution in [2.45, 2.75) is 11.8 Å². The zero-order valence-corrected chi connectivity index (χ0v) is 12.6. The number of benzene rings is 1. The van der Waals surface area contributed by atoms with Crippen molar-refractivity contribution in [3.05, 3.63) is 40.0 Å². The van der Waals surface area contributed by atoms with Crippen molar-refractivity contribution in [2.75, 3.05) is 4.72 Å². The number of carboxylic acid groups (broad SMARTS) is 1. The third kappa shape index (κ3) is 2.83. The Morgan fingerprint density at radius 1 is 1.45 bits per heavy atom. The van der Waals surface area contributed by atoms with E-state index < -0.39 is 16.0 Å². The molecular formula is C11H10BrN3O4S. The first-order chi connectivity index (χ1) is 9.31. The lowest BCUT2D eigenvalue weighted by atomic mass is 10.1. The van der Waals surface area contributed by atoms with Gasteiger partial charge in [0, 0.05) is 10.5 Å². The van der Waals surface area contributed by atoms with Crippen molar-refractivity contribution in [1.29, 1.82) is 0 Å². The minimum atomic E-state index is -3.91. The van der Waals surface area contributed by atoms with Gasteiger partial charge in [-0.05, 0) is 24.6 Å². The molecule has 1 heterocycles. The number of nitrogens with one attached hydrogen (secondary N) is 2. The van der Waals surface area contributed by atoms with E-state index in [-0.39, 0.29) is 16.3 Å². The van der Waals surface area contributed by atoms with Crippen LogP contribution in [0.2, 0.25) is 0 Å². The van der Waals surface area contributed by atoms with Crippen LogP contribution in [0.15, 0.2) is 33.8 Å². The lowest BCUT2D eigenvalue weighted by Crippen LogP contribution is -2.16. The van der Waals surface area contributed by atoms with E-state index in [2.05, 4.69) is 30.8 Å². The Balaban J connectivity index is 2.53. The fraction of sp³-hybridized carbons (Fsp3) is 0.0909. The number of rotatable bonds is 4. The molecule has 0 bridgehead atoms.